The number of carbonyl (C=O) groups is 1. The molecule has 1 aromatic rings. The van der Waals surface area contributed by atoms with E-state index < -0.39 is 18.0 Å². The van der Waals surface area contributed by atoms with E-state index in [-0.39, 0.29) is 11.9 Å². The summed E-state index contributed by atoms with van der Waals surface area (Å²) in [6.45, 7) is 12.2. The van der Waals surface area contributed by atoms with Gasteiger partial charge in [0.1, 0.15) is 17.5 Å². The highest BCUT2D eigenvalue weighted by Gasteiger charge is 2.19. The van der Waals surface area contributed by atoms with Crippen molar-refractivity contribution < 1.29 is 19.0 Å². The Kier molecular flexibility index (Phi) is 10.7. The summed E-state index contributed by atoms with van der Waals surface area (Å²) >= 11 is 0. The lowest BCUT2D eigenvalue weighted by Crippen LogP contribution is -2.40. The molecule has 0 spiro atoms. The molecule has 9 nitrogen and oxygen atoms in total. The van der Waals surface area contributed by atoms with Crippen molar-refractivity contribution in [3.8, 4) is 17.9 Å². The zero-order valence-corrected chi connectivity index (χ0v) is 19.4. The van der Waals surface area contributed by atoms with Crippen molar-refractivity contribution in [1.82, 2.24) is 15.3 Å². The van der Waals surface area contributed by atoms with Gasteiger partial charge in [-0.05, 0) is 46.0 Å². The molecule has 31 heavy (non-hydrogen) atoms. The molecular formula is C22H33N5O4. The largest absolute Gasteiger partial charge is 0.444 e. The number of amides is 1. The Morgan fingerprint density at radius 2 is 2.03 bits per heavy atom. The molecule has 0 saturated carbocycles. The molecule has 0 fully saturated rings. The van der Waals surface area contributed by atoms with E-state index in [9.17, 15) is 10.1 Å². The van der Waals surface area contributed by atoms with Gasteiger partial charge in [0.05, 0.1) is 5.56 Å². The molecule has 1 rings (SSSR count). The summed E-state index contributed by atoms with van der Waals surface area (Å²) in [5.74, 6) is 6.58. The first-order valence-electron chi connectivity index (χ1n) is 10.2. The van der Waals surface area contributed by atoms with Crippen LogP contribution in [0.2, 0.25) is 0 Å². The molecule has 0 saturated heterocycles. The standard InChI is InChI=1S/C22H33N5O4/c1-8-30-19(29-7)10-9-16-13-24-18(12-23)27-20(16)26-17(11-15(2)3)14-25-21(28)31-22(4,5)6/h13,15,17,19H,8,11,14H2,1-7H3,(H,25,28)(H,24,26,27). The molecular weight excluding hydrogens is 398 g/mol. The molecule has 2 N–H and O–H groups in total. The van der Waals surface area contributed by atoms with Crippen LogP contribution in [-0.4, -0.2) is 54.3 Å². The Hall–Kier alpha value is -2.88. The van der Waals surface area contributed by atoms with Crippen LogP contribution < -0.4 is 10.6 Å². The molecule has 0 aromatic carbocycles. The van der Waals surface area contributed by atoms with Crippen molar-refractivity contribution in [2.24, 2.45) is 5.92 Å². The van der Waals surface area contributed by atoms with E-state index in [1.165, 1.54) is 13.3 Å². The molecule has 1 aromatic heterocycles. The Bertz CT molecular complexity index is 818. The quantitative estimate of drug-likeness (QED) is 0.452. The summed E-state index contributed by atoms with van der Waals surface area (Å²) in [5, 5.41) is 15.3. The number of aromatic nitrogens is 2. The van der Waals surface area contributed by atoms with Crippen molar-refractivity contribution in [2.45, 2.75) is 65.9 Å². The molecule has 0 aliphatic carbocycles. The third-order valence-corrected chi connectivity index (χ3v) is 3.73. The number of rotatable bonds is 9. The van der Waals surface area contributed by atoms with Crippen LogP contribution in [-0.2, 0) is 14.2 Å². The fraction of sp³-hybridized carbons (Fsp3) is 0.636. The number of carbonyl (C=O) groups excluding carboxylic acids is 1. The molecule has 170 valence electrons. The predicted octanol–water partition coefficient (Wildman–Crippen LogP) is 3.06. The number of ether oxygens (including phenoxy) is 3. The average Bonchev–Trinajstić information content (AvgIpc) is 2.68. The number of anilines is 1. The first-order chi connectivity index (χ1) is 14.6. The van der Waals surface area contributed by atoms with Gasteiger partial charge in [0.2, 0.25) is 12.1 Å². The maximum absolute atomic E-state index is 12.1. The van der Waals surface area contributed by atoms with Crippen LogP contribution >= 0.6 is 0 Å². The van der Waals surface area contributed by atoms with Gasteiger partial charge in [-0.1, -0.05) is 19.8 Å². The van der Waals surface area contributed by atoms with Crippen LogP contribution in [0.15, 0.2) is 6.20 Å². The van der Waals surface area contributed by atoms with E-state index >= 15 is 0 Å². The van der Waals surface area contributed by atoms with Gasteiger partial charge >= 0.3 is 6.09 Å². The SMILES string of the molecule is CCOC(C#Cc1cnc(C#N)nc1NC(CNC(=O)OC(C)(C)C)CC(C)C)OC. The molecule has 1 heterocycles. The minimum absolute atomic E-state index is 0.0181. The molecule has 2 atom stereocenters. The summed E-state index contributed by atoms with van der Waals surface area (Å²) in [6.07, 6.45) is 1.04. The lowest BCUT2D eigenvalue weighted by atomic mass is 10.0. The van der Waals surface area contributed by atoms with Crippen LogP contribution in [0.5, 0.6) is 0 Å². The lowest BCUT2D eigenvalue weighted by molar-refractivity contribution is -0.0793. The second-order valence-electron chi connectivity index (χ2n) is 8.21. The summed E-state index contributed by atoms with van der Waals surface area (Å²) in [7, 11) is 1.50. The number of nitrogens with zero attached hydrogens (tertiary/aromatic N) is 3. The van der Waals surface area contributed by atoms with Gasteiger partial charge < -0.3 is 24.8 Å². The number of hydrogen-bond donors (Lipinski definition) is 2. The van der Waals surface area contributed by atoms with E-state index in [1.807, 2.05) is 13.0 Å². The maximum Gasteiger partial charge on any atom is 0.407 e. The van der Waals surface area contributed by atoms with Crippen LogP contribution in [0.1, 0.15) is 59.4 Å². The zero-order chi connectivity index (χ0) is 23.4. The normalized spacial score (nSPS) is 12.9. The van der Waals surface area contributed by atoms with Crippen LogP contribution in [0.25, 0.3) is 0 Å². The number of methoxy groups -OCH3 is 1. The highest BCUT2D eigenvalue weighted by molar-refractivity contribution is 5.67. The molecule has 0 bridgehead atoms. The smallest absolute Gasteiger partial charge is 0.407 e. The second kappa shape index (κ2) is 12.7. The summed E-state index contributed by atoms with van der Waals surface area (Å²) in [5.41, 5.74) is -0.0903. The minimum atomic E-state index is -0.686. The van der Waals surface area contributed by atoms with E-state index in [4.69, 9.17) is 14.2 Å². The molecule has 1 amide bonds. The summed E-state index contributed by atoms with van der Waals surface area (Å²) in [6, 6.07) is 1.76. The van der Waals surface area contributed by atoms with Crippen LogP contribution in [0.4, 0.5) is 10.6 Å². The Morgan fingerprint density at radius 1 is 1.32 bits per heavy atom. The number of nitrogens with one attached hydrogen (secondary N) is 2. The number of alkyl carbamates (subject to hydrolysis) is 1. The van der Waals surface area contributed by atoms with Crippen molar-refractivity contribution in [2.75, 3.05) is 25.6 Å². The van der Waals surface area contributed by atoms with Crippen molar-refractivity contribution in [1.29, 1.82) is 5.26 Å². The highest BCUT2D eigenvalue weighted by atomic mass is 16.7. The Balaban J connectivity index is 3.07. The molecule has 2 unspecified atom stereocenters. The monoisotopic (exact) mass is 431 g/mol. The van der Waals surface area contributed by atoms with Gasteiger partial charge in [-0.2, -0.15) is 5.26 Å². The third kappa shape index (κ3) is 10.6. The van der Waals surface area contributed by atoms with Crippen molar-refractivity contribution >= 4 is 11.9 Å². The van der Waals surface area contributed by atoms with E-state index in [1.54, 1.807) is 20.8 Å². The van der Waals surface area contributed by atoms with E-state index in [0.29, 0.717) is 30.5 Å². The Labute approximate surface area is 184 Å². The fourth-order valence-electron chi connectivity index (χ4n) is 2.57. The fourth-order valence-corrected chi connectivity index (χ4v) is 2.57. The van der Waals surface area contributed by atoms with Gasteiger partial charge in [-0.25, -0.2) is 14.8 Å². The summed E-state index contributed by atoms with van der Waals surface area (Å²) < 4.78 is 15.8. The van der Waals surface area contributed by atoms with Crippen LogP contribution in [0.3, 0.4) is 0 Å². The summed E-state index contributed by atoms with van der Waals surface area (Å²) in [4.78, 5) is 20.3. The van der Waals surface area contributed by atoms with Gasteiger partial charge in [-0.3, -0.25) is 0 Å². The topological polar surface area (TPSA) is 118 Å². The first kappa shape index (κ1) is 26.2. The second-order valence-corrected chi connectivity index (χ2v) is 8.21. The molecule has 0 aliphatic rings. The minimum Gasteiger partial charge on any atom is -0.444 e. The van der Waals surface area contributed by atoms with Gasteiger partial charge in [0.15, 0.2) is 0 Å². The third-order valence-electron chi connectivity index (χ3n) is 3.73. The molecule has 0 radical (unpaired) electrons. The van der Waals surface area contributed by atoms with Crippen LogP contribution in [0, 0.1) is 29.1 Å². The van der Waals surface area contributed by atoms with Crippen molar-refractivity contribution in [3.63, 3.8) is 0 Å². The molecule has 0 aliphatic heterocycles. The maximum atomic E-state index is 12.1. The van der Waals surface area contributed by atoms with Crippen molar-refractivity contribution in [3.05, 3.63) is 17.6 Å². The average molecular weight is 432 g/mol. The number of hydrogen-bond acceptors (Lipinski definition) is 8. The van der Waals surface area contributed by atoms with Gasteiger partial charge in [0.25, 0.3) is 0 Å². The number of nitriles is 1. The first-order valence-corrected chi connectivity index (χ1v) is 10.2. The van der Waals surface area contributed by atoms with Gasteiger partial charge in [-0.15, -0.1) is 0 Å². The lowest BCUT2D eigenvalue weighted by Gasteiger charge is -2.24. The van der Waals surface area contributed by atoms with E-state index in [2.05, 4.69) is 46.3 Å². The highest BCUT2D eigenvalue weighted by Crippen LogP contribution is 2.16. The predicted molar refractivity (Wildman–Crippen MR) is 117 cm³/mol. The Morgan fingerprint density at radius 3 is 2.58 bits per heavy atom. The van der Waals surface area contributed by atoms with E-state index in [0.717, 1.165) is 6.42 Å². The molecule has 9 heteroatoms. The van der Waals surface area contributed by atoms with Gasteiger partial charge in [0, 0.05) is 32.5 Å². The zero-order valence-electron chi connectivity index (χ0n) is 19.4.